The van der Waals surface area contributed by atoms with Crippen LogP contribution >= 0.6 is 0 Å². The normalized spacial score (nSPS) is 10.1. The van der Waals surface area contributed by atoms with Crippen molar-refractivity contribution in [3.63, 3.8) is 0 Å². The lowest BCUT2D eigenvalue weighted by Gasteiger charge is -2.06. The summed E-state index contributed by atoms with van der Waals surface area (Å²) in [7, 11) is 0. The number of carboxylic acids is 1. The molecule has 0 bridgehead atoms. The first-order chi connectivity index (χ1) is 9.16. The quantitative estimate of drug-likeness (QED) is 0.872. The van der Waals surface area contributed by atoms with Crippen molar-refractivity contribution in [3.8, 4) is 0 Å². The van der Waals surface area contributed by atoms with Gasteiger partial charge in [0, 0.05) is 0 Å². The Bertz CT molecular complexity index is 568. The largest absolute Gasteiger partial charge is 0.478 e. The van der Waals surface area contributed by atoms with Crippen LogP contribution in [0.5, 0.6) is 0 Å². The van der Waals surface area contributed by atoms with E-state index < -0.39 is 5.97 Å². The molecule has 2 aromatic carbocycles. The van der Waals surface area contributed by atoms with Crippen LogP contribution in [0, 0.1) is 0 Å². The van der Waals surface area contributed by atoms with Crippen molar-refractivity contribution >= 4 is 11.5 Å². The fourth-order valence-electron chi connectivity index (χ4n) is 1.93. The second-order valence-electron chi connectivity index (χ2n) is 4.47. The standard InChI is InChI=1S/C17H16O2/c1-13(15-5-3-2-4-6-15)7-8-14-9-11-16(12-10-14)17(18)19/h2-6,9-12H,1,7-8H2,(H,18,19). The fraction of sp³-hybridized carbons (Fsp3) is 0.118. The van der Waals surface area contributed by atoms with Crippen molar-refractivity contribution in [1.29, 1.82) is 0 Å². The maximum Gasteiger partial charge on any atom is 0.335 e. The Balaban J connectivity index is 1.95. The maximum absolute atomic E-state index is 10.7. The predicted octanol–water partition coefficient (Wildman–Crippen LogP) is 4.03. The van der Waals surface area contributed by atoms with Gasteiger partial charge in [0.2, 0.25) is 0 Å². The van der Waals surface area contributed by atoms with E-state index in [1.165, 1.54) is 0 Å². The number of rotatable bonds is 5. The van der Waals surface area contributed by atoms with Crippen molar-refractivity contribution in [2.24, 2.45) is 0 Å². The molecule has 2 heteroatoms. The molecule has 2 aromatic rings. The van der Waals surface area contributed by atoms with Crippen LogP contribution in [0.3, 0.4) is 0 Å². The van der Waals surface area contributed by atoms with Gasteiger partial charge in [-0.25, -0.2) is 4.79 Å². The molecular formula is C17H16O2. The van der Waals surface area contributed by atoms with E-state index in [-0.39, 0.29) is 0 Å². The smallest absolute Gasteiger partial charge is 0.335 e. The monoisotopic (exact) mass is 252 g/mol. The summed E-state index contributed by atoms with van der Waals surface area (Å²) in [6.45, 7) is 4.09. The van der Waals surface area contributed by atoms with Crippen LogP contribution in [-0.4, -0.2) is 11.1 Å². The lowest BCUT2D eigenvalue weighted by Crippen LogP contribution is -1.96. The third-order valence-corrected chi connectivity index (χ3v) is 3.10. The van der Waals surface area contributed by atoms with E-state index in [1.54, 1.807) is 12.1 Å². The zero-order valence-corrected chi connectivity index (χ0v) is 10.7. The lowest BCUT2D eigenvalue weighted by molar-refractivity contribution is 0.0697. The van der Waals surface area contributed by atoms with Crippen LogP contribution in [0.4, 0.5) is 0 Å². The zero-order chi connectivity index (χ0) is 13.7. The molecule has 96 valence electrons. The summed E-state index contributed by atoms with van der Waals surface area (Å²) < 4.78 is 0. The van der Waals surface area contributed by atoms with Gasteiger partial charge in [-0.2, -0.15) is 0 Å². The van der Waals surface area contributed by atoms with Gasteiger partial charge in [0.25, 0.3) is 0 Å². The highest BCUT2D eigenvalue weighted by Gasteiger charge is 2.03. The van der Waals surface area contributed by atoms with Crippen LogP contribution in [0.25, 0.3) is 5.57 Å². The molecule has 2 rings (SSSR count). The highest BCUT2D eigenvalue weighted by molar-refractivity contribution is 5.87. The van der Waals surface area contributed by atoms with Crippen LogP contribution < -0.4 is 0 Å². The van der Waals surface area contributed by atoms with Gasteiger partial charge < -0.3 is 5.11 Å². The van der Waals surface area contributed by atoms with Crippen LogP contribution in [0.1, 0.15) is 27.9 Å². The van der Waals surface area contributed by atoms with Crippen LogP contribution in [0.2, 0.25) is 0 Å². The summed E-state index contributed by atoms with van der Waals surface area (Å²) >= 11 is 0. The minimum Gasteiger partial charge on any atom is -0.478 e. The predicted molar refractivity (Wildman–Crippen MR) is 77.2 cm³/mol. The first-order valence-corrected chi connectivity index (χ1v) is 6.22. The summed E-state index contributed by atoms with van der Waals surface area (Å²) in [5, 5.41) is 8.83. The molecule has 0 radical (unpaired) electrons. The van der Waals surface area contributed by atoms with E-state index in [0.29, 0.717) is 5.56 Å². The molecule has 1 N–H and O–H groups in total. The summed E-state index contributed by atoms with van der Waals surface area (Å²) in [6.07, 6.45) is 1.74. The van der Waals surface area contributed by atoms with Crippen molar-refractivity contribution in [3.05, 3.63) is 77.9 Å². The number of hydrogen-bond donors (Lipinski definition) is 1. The van der Waals surface area contributed by atoms with Gasteiger partial charge >= 0.3 is 5.97 Å². The van der Waals surface area contributed by atoms with E-state index in [4.69, 9.17) is 5.11 Å². The lowest BCUT2D eigenvalue weighted by atomic mass is 9.99. The molecule has 0 saturated carbocycles. The van der Waals surface area contributed by atoms with Crippen molar-refractivity contribution < 1.29 is 9.90 Å². The highest BCUT2D eigenvalue weighted by Crippen LogP contribution is 2.18. The molecule has 0 aliphatic carbocycles. The maximum atomic E-state index is 10.7. The summed E-state index contributed by atoms with van der Waals surface area (Å²) in [5.41, 5.74) is 3.71. The Morgan fingerprint density at radius 3 is 2.16 bits per heavy atom. The van der Waals surface area contributed by atoms with Crippen molar-refractivity contribution in [2.75, 3.05) is 0 Å². The molecule has 0 heterocycles. The molecule has 0 unspecified atom stereocenters. The Morgan fingerprint density at radius 2 is 1.58 bits per heavy atom. The second-order valence-corrected chi connectivity index (χ2v) is 4.47. The molecular weight excluding hydrogens is 236 g/mol. The number of carboxylic acid groups (broad SMARTS) is 1. The van der Waals surface area contributed by atoms with Gasteiger partial charge in [0.1, 0.15) is 0 Å². The first kappa shape index (κ1) is 13.1. The molecule has 0 spiro atoms. The average molecular weight is 252 g/mol. The van der Waals surface area contributed by atoms with Gasteiger partial charge in [-0.05, 0) is 41.7 Å². The Labute approximate surface area is 113 Å². The molecule has 0 amide bonds. The number of carbonyl (C=O) groups is 1. The Kier molecular flexibility index (Phi) is 4.14. The van der Waals surface area contributed by atoms with Crippen LogP contribution in [-0.2, 0) is 6.42 Å². The summed E-state index contributed by atoms with van der Waals surface area (Å²) in [5.74, 6) is -0.889. The van der Waals surface area contributed by atoms with E-state index in [2.05, 4.69) is 18.7 Å². The van der Waals surface area contributed by atoms with Gasteiger partial charge in [-0.1, -0.05) is 49.0 Å². The second kappa shape index (κ2) is 6.01. The van der Waals surface area contributed by atoms with E-state index in [1.807, 2.05) is 30.3 Å². The molecule has 0 atom stereocenters. The average Bonchev–Trinajstić information content (AvgIpc) is 2.46. The van der Waals surface area contributed by atoms with E-state index in [9.17, 15) is 4.79 Å². The molecule has 0 aliphatic heterocycles. The number of aromatic carboxylic acids is 1. The minimum absolute atomic E-state index is 0.325. The van der Waals surface area contributed by atoms with Gasteiger partial charge in [0.15, 0.2) is 0 Å². The number of allylic oxidation sites excluding steroid dienone is 1. The molecule has 0 fully saturated rings. The van der Waals surface area contributed by atoms with Gasteiger partial charge in [-0.15, -0.1) is 0 Å². The Morgan fingerprint density at radius 1 is 0.947 bits per heavy atom. The van der Waals surface area contributed by atoms with E-state index in [0.717, 1.165) is 29.5 Å². The van der Waals surface area contributed by atoms with Gasteiger partial charge in [0.05, 0.1) is 5.56 Å². The topological polar surface area (TPSA) is 37.3 Å². The fourth-order valence-corrected chi connectivity index (χ4v) is 1.93. The number of aryl methyl sites for hydroxylation is 1. The third-order valence-electron chi connectivity index (χ3n) is 3.10. The molecule has 0 aliphatic rings. The molecule has 0 aromatic heterocycles. The van der Waals surface area contributed by atoms with Crippen molar-refractivity contribution in [2.45, 2.75) is 12.8 Å². The molecule has 0 saturated heterocycles. The SMILES string of the molecule is C=C(CCc1ccc(C(=O)O)cc1)c1ccccc1. The number of benzene rings is 2. The van der Waals surface area contributed by atoms with Gasteiger partial charge in [-0.3, -0.25) is 0 Å². The first-order valence-electron chi connectivity index (χ1n) is 6.22. The molecule has 2 nitrogen and oxygen atoms in total. The number of hydrogen-bond acceptors (Lipinski definition) is 1. The Hall–Kier alpha value is -2.35. The zero-order valence-electron chi connectivity index (χ0n) is 10.7. The molecule has 19 heavy (non-hydrogen) atoms. The van der Waals surface area contributed by atoms with E-state index >= 15 is 0 Å². The minimum atomic E-state index is -0.889. The third kappa shape index (κ3) is 3.55. The summed E-state index contributed by atoms with van der Waals surface area (Å²) in [6, 6.07) is 17.1. The van der Waals surface area contributed by atoms with Crippen molar-refractivity contribution in [1.82, 2.24) is 0 Å². The van der Waals surface area contributed by atoms with Crippen LogP contribution in [0.15, 0.2) is 61.2 Å². The highest BCUT2D eigenvalue weighted by atomic mass is 16.4. The summed E-state index contributed by atoms with van der Waals surface area (Å²) in [4.78, 5) is 10.7.